The van der Waals surface area contributed by atoms with Gasteiger partial charge in [0.25, 0.3) is 0 Å². The molecule has 7 nitrogen and oxygen atoms in total. The Hall–Kier alpha value is -2.31. The molecular weight excluding hydrogens is 298 g/mol. The molecule has 1 aromatic rings. The number of carboxylic acids is 1. The van der Waals surface area contributed by atoms with E-state index in [1.807, 2.05) is 24.0 Å². The highest BCUT2D eigenvalue weighted by Gasteiger charge is 2.47. The summed E-state index contributed by atoms with van der Waals surface area (Å²) in [5.74, 6) is -1.06. The van der Waals surface area contributed by atoms with Gasteiger partial charge in [0.05, 0.1) is 6.54 Å². The monoisotopic (exact) mass is 321 g/mol. The number of pyridine rings is 1. The van der Waals surface area contributed by atoms with Crippen molar-refractivity contribution in [3.8, 4) is 0 Å². The summed E-state index contributed by atoms with van der Waals surface area (Å²) in [6.07, 6.45) is 1.28. The number of nitrogens with one attached hydrogen (secondary N) is 1. The van der Waals surface area contributed by atoms with Crippen LogP contribution < -0.4 is 10.2 Å². The van der Waals surface area contributed by atoms with Crippen LogP contribution in [-0.4, -0.2) is 46.4 Å². The molecule has 1 atom stereocenters. The van der Waals surface area contributed by atoms with E-state index in [9.17, 15) is 14.7 Å². The quantitative estimate of drug-likeness (QED) is 0.884. The third kappa shape index (κ3) is 4.12. The predicted octanol–water partition coefficient (Wildman–Crippen LogP) is 1.95. The Balaban J connectivity index is 2.14. The molecule has 0 bridgehead atoms. The van der Waals surface area contributed by atoms with Crippen LogP contribution in [0.25, 0.3) is 0 Å². The maximum absolute atomic E-state index is 12.0. The normalized spacial score (nSPS) is 21.1. The minimum absolute atomic E-state index is 0.186. The predicted molar refractivity (Wildman–Crippen MR) is 85.5 cm³/mol. The number of aromatic nitrogens is 1. The Morgan fingerprint density at radius 1 is 1.43 bits per heavy atom. The van der Waals surface area contributed by atoms with Crippen molar-refractivity contribution < 1.29 is 19.4 Å². The van der Waals surface area contributed by atoms with E-state index in [2.05, 4.69) is 10.3 Å². The van der Waals surface area contributed by atoms with Gasteiger partial charge in [0.1, 0.15) is 5.60 Å². The minimum atomic E-state index is -1.35. The van der Waals surface area contributed by atoms with Gasteiger partial charge in [0, 0.05) is 30.5 Å². The van der Waals surface area contributed by atoms with Gasteiger partial charge in [-0.2, -0.15) is 0 Å². The fraction of sp³-hybridized carbons (Fsp3) is 0.562. The third-order valence-electron chi connectivity index (χ3n) is 3.66. The lowest BCUT2D eigenvalue weighted by molar-refractivity contribution is -0.143. The average Bonchev–Trinajstić information content (AvgIpc) is 2.82. The van der Waals surface area contributed by atoms with Gasteiger partial charge in [-0.05, 0) is 39.8 Å². The van der Waals surface area contributed by atoms with Crippen LogP contribution in [0.2, 0.25) is 0 Å². The molecule has 1 unspecified atom stereocenters. The van der Waals surface area contributed by atoms with Crippen molar-refractivity contribution in [3.63, 3.8) is 0 Å². The second-order valence-electron chi connectivity index (χ2n) is 6.84. The van der Waals surface area contributed by atoms with E-state index < -0.39 is 23.2 Å². The zero-order valence-corrected chi connectivity index (χ0v) is 13.9. The number of rotatable bonds is 3. The van der Waals surface area contributed by atoms with E-state index in [1.165, 1.54) is 0 Å². The van der Waals surface area contributed by atoms with E-state index in [0.717, 1.165) is 11.4 Å². The Kier molecular flexibility index (Phi) is 4.49. The first kappa shape index (κ1) is 17.1. The van der Waals surface area contributed by atoms with Crippen molar-refractivity contribution >= 4 is 17.7 Å². The summed E-state index contributed by atoms with van der Waals surface area (Å²) < 4.78 is 5.19. The van der Waals surface area contributed by atoms with Crippen LogP contribution in [0.1, 0.15) is 32.9 Å². The highest BCUT2D eigenvalue weighted by molar-refractivity contribution is 5.86. The number of aliphatic carboxylic acids is 1. The lowest BCUT2D eigenvalue weighted by Gasteiger charge is -2.28. The van der Waals surface area contributed by atoms with Crippen LogP contribution in [0.4, 0.5) is 10.5 Å². The van der Waals surface area contributed by atoms with Crippen LogP contribution in [0.3, 0.4) is 0 Å². The standard InChI is InChI=1S/C16H23N3O4/c1-11-9-12(5-7-17-11)19-8-6-16(10-19,13(20)21)18-14(22)23-15(2,3)4/h5,7,9H,6,8,10H2,1-4H3,(H,18,22)(H,20,21). The maximum Gasteiger partial charge on any atom is 0.408 e. The number of nitrogens with zero attached hydrogens (tertiary/aromatic N) is 2. The number of hydrogen-bond acceptors (Lipinski definition) is 5. The van der Waals surface area contributed by atoms with Gasteiger partial charge >= 0.3 is 12.1 Å². The number of amides is 1. The van der Waals surface area contributed by atoms with Crippen molar-refractivity contribution in [1.82, 2.24) is 10.3 Å². The number of carbonyl (C=O) groups excluding carboxylic acids is 1. The first-order chi connectivity index (χ1) is 10.6. The van der Waals surface area contributed by atoms with Crippen LogP contribution in [0, 0.1) is 6.92 Å². The summed E-state index contributed by atoms with van der Waals surface area (Å²) in [5, 5.41) is 12.2. The maximum atomic E-state index is 12.0. The second-order valence-corrected chi connectivity index (χ2v) is 6.84. The van der Waals surface area contributed by atoms with Gasteiger partial charge in [0.15, 0.2) is 5.54 Å². The summed E-state index contributed by atoms with van der Waals surface area (Å²) >= 11 is 0. The smallest absolute Gasteiger partial charge is 0.408 e. The zero-order chi connectivity index (χ0) is 17.3. The largest absolute Gasteiger partial charge is 0.479 e. The molecule has 1 aliphatic rings. The molecule has 1 saturated heterocycles. The van der Waals surface area contributed by atoms with E-state index in [-0.39, 0.29) is 6.54 Å². The van der Waals surface area contributed by atoms with Crippen molar-refractivity contribution in [3.05, 3.63) is 24.0 Å². The summed E-state index contributed by atoms with van der Waals surface area (Å²) in [4.78, 5) is 29.8. The van der Waals surface area contributed by atoms with Crippen LogP contribution in [-0.2, 0) is 9.53 Å². The Labute approximate surface area is 135 Å². The number of alkyl carbamates (subject to hydrolysis) is 1. The van der Waals surface area contributed by atoms with Crippen molar-refractivity contribution in [2.45, 2.75) is 45.3 Å². The van der Waals surface area contributed by atoms with E-state index in [0.29, 0.717) is 13.0 Å². The van der Waals surface area contributed by atoms with Crippen molar-refractivity contribution in [2.24, 2.45) is 0 Å². The number of ether oxygens (including phenoxy) is 1. The SMILES string of the molecule is Cc1cc(N2CCC(NC(=O)OC(C)(C)C)(C(=O)O)C2)ccn1. The molecule has 1 aromatic heterocycles. The van der Waals surface area contributed by atoms with Crippen LogP contribution in [0.15, 0.2) is 18.3 Å². The number of hydrogen-bond donors (Lipinski definition) is 2. The van der Waals surface area contributed by atoms with E-state index in [4.69, 9.17) is 4.74 Å². The topological polar surface area (TPSA) is 91.8 Å². The molecule has 1 amide bonds. The highest BCUT2D eigenvalue weighted by atomic mass is 16.6. The van der Waals surface area contributed by atoms with Gasteiger partial charge in [0.2, 0.25) is 0 Å². The minimum Gasteiger partial charge on any atom is -0.479 e. The molecule has 2 N–H and O–H groups in total. The molecule has 0 aliphatic carbocycles. The molecule has 0 radical (unpaired) electrons. The molecule has 2 heterocycles. The number of aryl methyl sites for hydroxylation is 1. The Morgan fingerprint density at radius 3 is 2.70 bits per heavy atom. The Morgan fingerprint density at radius 2 is 2.13 bits per heavy atom. The molecule has 23 heavy (non-hydrogen) atoms. The number of carbonyl (C=O) groups is 2. The molecule has 0 saturated carbocycles. The zero-order valence-electron chi connectivity index (χ0n) is 13.9. The molecule has 2 rings (SSSR count). The van der Waals surface area contributed by atoms with E-state index in [1.54, 1.807) is 27.0 Å². The highest BCUT2D eigenvalue weighted by Crippen LogP contribution is 2.27. The first-order valence-electron chi connectivity index (χ1n) is 7.53. The summed E-state index contributed by atoms with van der Waals surface area (Å²) in [6.45, 7) is 7.81. The summed E-state index contributed by atoms with van der Waals surface area (Å²) in [7, 11) is 0. The van der Waals surface area contributed by atoms with Crippen LogP contribution >= 0.6 is 0 Å². The lowest BCUT2D eigenvalue weighted by Crippen LogP contribution is -2.57. The molecule has 7 heteroatoms. The lowest BCUT2D eigenvalue weighted by atomic mass is 9.99. The molecular formula is C16H23N3O4. The van der Waals surface area contributed by atoms with Crippen molar-refractivity contribution in [1.29, 1.82) is 0 Å². The Bertz CT molecular complexity index is 612. The fourth-order valence-electron chi connectivity index (χ4n) is 2.59. The van der Waals surface area contributed by atoms with Gasteiger partial charge in [-0.1, -0.05) is 0 Å². The summed E-state index contributed by atoms with van der Waals surface area (Å²) in [6, 6.07) is 3.73. The molecule has 0 aromatic carbocycles. The van der Waals surface area contributed by atoms with Crippen LogP contribution in [0.5, 0.6) is 0 Å². The molecule has 0 spiro atoms. The van der Waals surface area contributed by atoms with Gasteiger partial charge < -0.3 is 20.1 Å². The fourth-order valence-corrected chi connectivity index (χ4v) is 2.59. The molecule has 1 aliphatic heterocycles. The van der Waals surface area contributed by atoms with Gasteiger partial charge in [-0.3, -0.25) is 4.98 Å². The first-order valence-corrected chi connectivity index (χ1v) is 7.53. The third-order valence-corrected chi connectivity index (χ3v) is 3.66. The molecule has 126 valence electrons. The average molecular weight is 321 g/mol. The molecule has 1 fully saturated rings. The van der Waals surface area contributed by atoms with Gasteiger partial charge in [-0.25, -0.2) is 9.59 Å². The van der Waals surface area contributed by atoms with E-state index >= 15 is 0 Å². The van der Waals surface area contributed by atoms with Crippen molar-refractivity contribution in [2.75, 3.05) is 18.0 Å². The summed E-state index contributed by atoms with van der Waals surface area (Å²) in [5.41, 5.74) is -0.272. The number of carboxylic acid groups (broad SMARTS) is 1. The number of anilines is 1. The van der Waals surface area contributed by atoms with Gasteiger partial charge in [-0.15, -0.1) is 0 Å². The second kappa shape index (κ2) is 6.06.